The Bertz CT molecular complexity index is 451. The highest BCUT2D eigenvalue weighted by atomic mass is 19.4. The summed E-state index contributed by atoms with van der Waals surface area (Å²) in [6, 6.07) is 2.16. The first-order chi connectivity index (χ1) is 8.35. The number of nitrogens with zero attached hydrogens (tertiary/aromatic N) is 2. The molecule has 2 aliphatic rings. The van der Waals surface area contributed by atoms with Crippen molar-refractivity contribution >= 4 is 5.97 Å². The molecule has 0 atom stereocenters. The maximum atomic E-state index is 10.6. The Kier molecular flexibility index (Phi) is 3.05. The Morgan fingerprint density at radius 2 is 2.11 bits per heavy atom. The average Bonchev–Trinajstić information content (AvgIpc) is 2.73. The number of fused-ring (bicyclic) bond motifs is 2. The summed E-state index contributed by atoms with van der Waals surface area (Å²) in [7, 11) is 0. The predicted molar refractivity (Wildman–Crippen MR) is 55.1 cm³/mol. The quantitative estimate of drug-likeness (QED) is 0.725. The molecule has 5 nitrogen and oxygen atoms in total. The van der Waals surface area contributed by atoms with Gasteiger partial charge in [0.1, 0.15) is 0 Å². The molecule has 0 aromatic carbocycles. The molecule has 0 radical (unpaired) electrons. The fourth-order valence-electron chi connectivity index (χ4n) is 2.19. The maximum Gasteiger partial charge on any atom is 0.490 e. The van der Waals surface area contributed by atoms with E-state index < -0.39 is 12.1 Å². The fourth-order valence-corrected chi connectivity index (χ4v) is 2.19. The smallest absolute Gasteiger partial charge is 0.475 e. The Morgan fingerprint density at radius 1 is 1.50 bits per heavy atom. The predicted octanol–water partition coefficient (Wildman–Crippen LogP) is 0.761. The van der Waals surface area contributed by atoms with Crippen molar-refractivity contribution in [1.82, 2.24) is 15.1 Å². The van der Waals surface area contributed by atoms with Gasteiger partial charge in [0.15, 0.2) is 0 Å². The molecule has 0 unspecified atom stereocenters. The summed E-state index contributed by atoms with van der Waals surface area (Å²) < 4.78 is 33.9. The van der Waals surface area contributed by atoms with Crippen molar-refractivity contribution in [3.8, 4) is 0 Å². The number of carbonyl (C=O) groups is 1. The third-order valence-electron chi connectivity index (χ3n) is 3.23. The minimum atomic E-state index is -5.08. The van der Waals surface area contributed by atoms with Crippen LogP contribution < -0.4 is 5.32 Å². The van der Waals surface area contributed by atoms with Crippen LogP contribution in [0.4, 0.5) is 13.2 Å². The molecule has 0 aliphatic carbocycles. The molecule has 3 heterocycles. The van der Waals surface area contributed by atoms with Gasteiger partial charge >= 0.3 is 12.1 Å². The molecule has 1 spiro atoms. The van der Waals surface area contributed by atoms with Gasteiger partial charge in [-0.05, 0) is 12.5 Å². The van der Waals surface area contributed by atoms with Crippen molar-refractivity contribution in [3.05, 3.63) is 18.0 Å². The lowest BCUT2D eigenvalue weighted by Crippen LogP contribution is -2.55. The van der Waals surface area contributed by atoms with E-state index in [1.807, 2.05) is 6.20 Å². The third-order valence-corrected chi connectivity index (χ3v) is 3.23. The van der Waals surface area contributed by atoms with Crippen LogP contribution in [0.5, 0.6) is 0 Å². The molecule has 1 fully saturated rings. The van der Waals surface area contributed by atoms with Gasteiger partial charge < -0.3 is 10.4 Å². The molecule has 1 aromatic heterocycles. The summed E-state index contributed by atoms with van der Waals surface area (Å²) in [6.45, 7) is 3.42. The number of carboxylic acids is 1. The Morgan fingerprint density at radius 3 is 2.56 bits per heavy atom. The van der Waals surface area contributed by atoms with E-state index in [-0.39, 0.29) is 0 Å². The van der Waals surface area contributed by atoms with Crippen LogP contribution in [0.1, 0.15) is 12.1 Å². The number of rotatable bonds is 0. The highest BCUT2D eigenvalue weighted by Crippen LogP contribution is 2.37. The van der Waals surface area contributed by atoms with Crippen LogP contribution in [0.25, 0.3) is 0 Å². The Labute approximate surface area is 101 Å². The highest BCUT2D eigenvalue weighted by Gasteiger charge is 2.44. The van der Waals surface area contributed by atoms with Gasteiger partial charge in [-0.15, -0.1) is 0 Å². The van der Waals surface area contributed by atoms with E-state index in [0.717, 1.165) is 19.6 Å². The number of halogens is 3. The van der Waals surface area contributed by atoms with Crippen molar-refractivity contribution in [2.45, 2.75) is 24.6 Å². The van der Waals surface area contributed by atoms with E-state index in [0.29, 0.717) is 5.41 Å². The number of carboxylic acid groups (broad SMARTS) is 1. The number of aryl methyl sites for hydroxylation is 1. The van der Waals surface area contributed by atoms with Crippen LogP contribution in [0.15, 0.2) is 12.3 Å². The van der Waals surface area contributed by atoms with Crippen LogP contribution in [-0.2, 0) is 16.8 Å². The minimum absolute atomic E-state index is 0.469. The van der Waals surface area contributed by atoms with E-state index >= 15 is 0 Å². The molecular formula is C10H12F3N3O2. The van der Waals surface area contributed by atoms with Gasteiger partial charge in [-0.1, -0.05) is 0 Å². The van der Waals surface area contributed by atoms with E-state index in [4.69, 9.17) is 9.90 Å². The van der Waals surface area contributed by atoms with E-state index in [9.17, 15) is 13.2 Å². The number of aliphatic carboxylic acids is 1. The molecule has 1 aromatic rings. The summed E-state index contributed by atoms with van der Waals surface area (Å²) in [5.41, 5.74) is 1.91. The Balaban J connectivity index is 0.000000152. The first-order valence-electron chi connectivity index (χ1n) is 5.38. The van der Waals surface area contributed by atoms with Crippen LogP contribution in [0.3, 0.4) is 0 Å². The summed E-state index contributed by atoms with van der Waals surface area (Å²) >= 11 is 0. The summed E-state index contributed by atoms with van der Waals surface area (Å²) in [5, 5.41) is 14.7. The molecular weight excluding hydrogens is 251 g/mol. The van der Waals surface area contributed by atoms with Crippen LogP contribution in [0.2, 0.25) is 0 Å². The number of aromatic nitrogens is 2. The minimum Gasteiger partial charge on any atom is -0.475 e. The van der Waals surface area contributed by atoms with Crippen molar-refractivity contribution in [3.63, 3.8) is 0 Å². The monoisotopic (exact) mass is 263 g/mol. The fraction of sp³-hybridized carbons (Fsp3) is 0.600. The van der Waals surface area contributed by atoms with E-state index in [1.54, 1.807) is 0 Å². The van der Waals surface area contributed by atoms with Gasteiger partial charge in [0.2, 0.25) is 0 Å². The SMILES string of the molecule is O=C(O)C(F)(F)F.c1cc2n(n1)CCC21CNC1. The van der Waals surface area contributed by atoms with Crippen molar-refractivity contribution in [2.24, 2.45) is 0 Å². The van der Waals surface area contributed by atoms with Crippen LogP contribution in [0, 0.1) is 0 Å². The first-order valence-corrected chi connectivity index (χ1v) is 5.38. The summed E-state index contributed by atoms with van der Waals surface area (Å²) in [5.74, 6) is -2.76. The molecule has 18 heavy (non-hydrogen) atoms. The molecule has 0 bridgehead atoms. The second kappa shape index (κ2) is 4.27. The van der Waals surface area contributed by atoms with Gasteiger partial charge in [-0.3, -0.25) is 4.68 Å². The van der Waals surface area contributed by atoms with Gasteiger partial charge in [0, 0.05) is 36.9 Å². The molecule has 0 amide bonds. The lowest BCUT2D eigenvalue weighted by molar-refractivity contribution is -0.192. The van der Waals surface area contributed by atoms with Gasteiger partial charge in [-0.2, -0.15) is 18.3 Å². The van der Waals surface area contributed by atoms with Gasteiger partial charge in [-0.25, -0.2) is 4.79 Å². The zero-order valence-corrected chi connectivity index (χ0v) is 9.37. The second-order valence-electron chi connectivity index (χ2n) is 4.38. The molecule has 0 saturated carbocycles. The summed E-state index contributed by atoms with van der Waals surface area (Å²) in [4.78, 5) is 8.90. The number of hydrogen-bond acceptors (Lipinski definition) is 3. The highest BCUT2D eigenvalue weighted by molar-refractivity contribution is 5.73. The average molecular weight is 263 g/mol. The third kappa shape index (κ3) is 2.20. The molecule has 2 aliphatic heterocycles. The zero-order valence-electron chi connectivity index (χ0n) is 9.37. The largest absolute Gasteiger partial charge is 0.490 e. The zero-order chi connectivity index (χ0) is 13.4. The normalized spacial score (nSPS) is 19.7. The number of hydrogen-bond donors (Lipinski definition) is 2. The van der Waals surface area contributed by atoms with Crippen molar-refractivity contribution < 1.29 is 23.1 Å². The number of nitrogens with one attached hydrogen (secondary N) is 1. The molecule has 1 saturated heterocycles. The lowest BCUT2D eigenvalue weighted by Gasteiger charge is -2.38. The topological polar surface area (TPSA) is 67.1 Å². The van der Waals surface area contributed by atoms with Crippen molar-refractivity contribution in [2.75, 3.05) is 13.1 Å². The summed E-state index contributed by atoms with van der Waals surface area (Å²) in [6.07, 6.45) is -1.89. The van der Waals surface area contributed by atoms with Crippen LogP contribution in [-0.4, -0.2) is 40.1 Å². The van der Waals surface area contributed by atoms with Gasteiger partial charge in [0.25, 0.3) is 0 Å². The first kappa shape index (κ1) is 12.9. The van der Waals surface area contributed by atoms with Crippen molar-refractivity contribution in [1.29, 1.82) is 0 Å². The lowest BCUT2D eigenvalue weighted by atomic mass is 9.78. The standard InChI is InChI=1S/C8H11N3.C2HF3O2/c1-3-10-11-4-2-8(7(1)11)5-9-6-8;3-2(4,5)1(6)7/h1,3,9H,2,4-6H2;(H,6,7). The van der Waals surface area contributed by atoms with Crippen LogP contribution >= 0.6 is 0 Å². The molecule has 2 N–H and O–H groups in total. The Hall–Kier alpha value is -1.57. The molecule has 8 heteroatoms. The number of alkyl halides is 3. The second-order valence-corrected chi connectivity index (χ2v) is 4.38. The van der Waals surface area contributed by atoms with Gasteiger partial charge in [0.05, 0.1) is 0 Å². The molecule has 3 rings (SSSR count). The maximum absolute atomic E-state index is 10.6. The van der Waals surface area contributed by atoms with E-state index in [1.165, 1.54) is 12.1 Å². The van der Waals surface area contributed by atoms with E-state index in [2.05, 4.69) is 21.2 Å². The molecule has 100 valence electrons.